The topological polar surface area (TPSA) is 38.7 Å². The van der Waals surface area contributed by atoms with Crippen LogP contribution >= 0.6 is 11.3 Å². The van der Waals surface area contributed by atoms with Crippen LogP contribution < -0.4 is 9.47 Å². The van der Waals surface area contributed by atoms with Crippen LogP contribution in [0.5, 0.6) is 11.5 Å². The molecule has 0 amide bonds. The molecule has 0 aliphatic rings. The summed E-state index contributed by atoms with van der Waals surface area (Å²) in [5, 5.41) is 11.9. The molecule has 1 aromatic carbocycles. The van der Waals surface area contributed by atoms with E-state index in [-0.39, 0.29) is 0 Å². The molecule has 4 heteroatoms. The van der Waals surface area contributed by atoms with Gasteiger partial charge in [-0.25, -0.2) is 0 Å². The average Bonchev–Trinajstić information content (AvgIpc) is 2.93. The third-order valence-corrected chi connectivity index (χ3v) is 3.56. The largest absolute Gasteiger partial charge is 0.493 e. The molecule has 3 nitrogen and oxygen atoms in total. The third-order valence-electron chi connectivity index (χ3n) is 2.59. The first kappa shape index (κ1) is 12.9. The van der Waals surface area contributed by atoms with Crippen molar-refractivity contribution in [2.75, 3.05) is 13.7 Å². The highest BCUT2D eigenvalue weighted by atomic mass is 32.1. The van der Waals surface area contributed by atoms with E-state index in [1.54, 1.807) is 18.4 Å². The summed E-state index contributed by atoms with van der Waals surface area (Å²) < 4.78 is 10.8. The van der Waals surface area contributed by atoms with Crippen LogP contribution in [0.3, 0.4) is 0 Å². The number of benzene rings is 1. The Morgan fingerprint density at radius 2 is 1.94 bits per heavy atom. The summed E-state index contributed by atoms with van der Waals surface area (Å²) in [5.41, 5.74) is 0. The van der Waals surface area contributed by atoms with Gasteiger partial charge in [0.2, 0.25) is 0 Å². The third kappa shape index (κ3) is 3.24. The molecule has 2 aromatic rings. The van der Waals surface area contributed by atoms with Crippen molar-refractivity contribution in [3.8, 4) is 11.5 Å². The molecule has 0 radical (unpaired) electrons. The number of ether oxygens (including phenoxy) is 2. The maximum Gasteiger partial charge on any atom is 0.161 e. The standard InChI is InChI=1S/C14H16O3S/c1-16-12-5-2-3-6-13(12)17-9-8-11(15)14-7-4-10-18-14/h2-7,10-11,15H,8-9H2,1H3. The number of aliphatic hydroxyl groups is 1. The Morgan fingerprint density at radius 1 is 1.17 bits per heavy atom. The molecule has 0 bridgehead atoms. The lowest BCUT2D eigenvalue weighted by atomic mass is 10.2. The summed E-state index contributed by atoms with van der Waals surface area (Å²) in [6.07, 6.45) is 0.109. The normalized spacial score (nSPS) is 12.1. The van der Waals surface area contributed by atoms with Crippen LogP contribution in [-0.4, -0.2) is 18.8 Å². The lowest BCUT2D eigenvalue weighted by Crippen LogP contribution is -2.04. The van der Waals surface area contributed by atoms with Crippen molar-refractivity contribution in [3.05, 3.63) is 46.7 Å². The molecule has 1 aromatic heterocycles. The molecule has 1 heterocycles. The Morgan fingerprint density at radius 3 is 2.61 bits per heavy atom. The Labute approximate surface area is 111 Å². The molecule has 0 fully saturated rings. The van der Waals surface area contributed by atoms with E-state index in [0.717, 1.165) is 4.88 Å². The minimum Gasteiger partial charge on any atom is -0.493 e. The molecule has 0 saturated heterocycles. The molecule has 96 valence electrons. The first-order valence-electron chi connectivity index (χ1n) is 5.78. The maximum absolute atomic E-state index is 9.91. The monoisotopic (exact) mass is 264 g/mol. The second-order valence-electron chi connectivity index (χ2n) is 3.82. The number of para-hydroxylation sites is 2. The fraction of sp³-hybridized carbons (Fsp3) is 0.286. The summed E-state index contributed by atoms with van der Waals surface area (Å²) in [6, 6.07) is 11.4. The van der Waals surface area contributed by atoms with Crippen LogP contribution in [0, 0.1) is 0 Å². The van der Waals surface area contributed by atoms with Crippen LogP contribution in [-0.2, 0) is 0 Å². The SMILES string of the molecule is COc1ccccc1OCCC(O)c1cccs1. The van der Waals surface area contributed by atoms with Crippen molar-refractivity contribution in [1.82, 2.24) is 0 Å². The van der Waals surface area contributed by atoms with Crippen LogP contribution in [0.4, 0.5) is 0 Å². The number of aliphatic hydroxyl groups excluding tert-OH is 1. The lowest BCUT2D eigenvalue weighted by molar-refractivity contribution is 0.142. The number of thiophene rings is 1. The van der Waals surface area contributed by atoms with Gasteiger partial charge in [-0.1, -0.05) is 18.2 Å². The Bertz CT molecular complexity index is 468. The zero-order valence-corrected chi connectivity index (χ0v) is 11.0. The molecule has 0 aliphatic carbocycles. The van der Waals surface area contributed by atoms with E-state index in [2.05, 4.69) is 0 Å². The van der Waals surface area contributed by atoms with E-state index in [0.29, 0.717) is 24.5 Å². The minimum atomic E-state index is -0.459. The predicted octanol–water partition coefficient (Wildman–Crippen LogP) is 3.26. The Hall–Kier alpha value is -1.52. The van der Waals surface area contributed by atoms with Crippen molar-refractivity contribution in [2.24, 2.45) is 0 Å². The molecule has 0 saturated carbocycles. The van der Waals surface area contributed by atoms with Crippen molar-refractivity contribution in [3.63, 3.8) is 0 Å². The fourth-order valence-corrected chi connectivity index (χ4v) is 2.39. The first-order chi connectivity index (χ1) is 8.81. The maximum atomic E-state index is 9.91. The zero-order valence-electron chi connectivity index (χ0n) is 10.2. The fourth-order valence-electron chi connectivity index (χ4n) is 1.64. The van der Waals surface area contributed by atoms with E-state index in [1.165, 1.54) is 0 Å². The predicted molar refractivity (Wildman–Crippen MR) is 72.4 cm³/mol. The molecule has 2 rings (SSSR count). The van der Waals surface area contributed by atoms with Gasteiger partial charge in [-0.3, -0.25) is 0 Å². The molecule has 1 unspecified atom stereocenters. The number of rotatable bonds is 6. The summed E-state index contributed by atoms with van der Waals surface area (Å²) in [4.78, 5) is 0.971. The highest BCUT2D eigenvalue weighted by Crippen LogP contribution is 2.27. The van der Waals surface area contributed by atoms with Gasteiger partial charge in [-0.15, -0.1) is 11.3 Å². The highest BCUT2D eigenvalue weighted by Gasteiger charge is 2.09. The quantitative estimate of drug-likeness (QED) is 0.870. The van der Waals surface area contributed by atoms with Crippen molar-refractivity contribution >= 4 is 11.3 Å². The van der Waals surface area contributed by atoms with E-state index in [9.17, 15) is 5.11 Å². The van der Waals surface area contributed by atoms with E-state index < -0.39 is 6.10 Å². The highest BCUT2D eigenvalue weighted by molar-refractivity contribution is 7.10. The van der Waals surface area contributed by atoms with E-state index in [4.69, 9.17) is 9.47 Å². The van der Waals surface area contributed by atoms with Gasteiger partial charge in [-0.2, -0.15) is 0 Å². The van der Waals surface area contributed by atoms with Gasteiger partial charge >= 0.3 is 0 Å². The number of hydrogen-bond acceptors (Lipinski definition) is 4. The molecular weight excluding hydrogens is 248 g/mol. The molecule has 1 atom stereocenters. The second-order valence-corrected chi connectivity index (χ2v) is 4.80. The summed E-state index contributed by atoms with van der Waals surface area (Å²) in [5.74, 6) is 1.42. The molecule has 0 spiro atoms. The Balaban J connectivity index is 1.85. The number of methoxy groups -OCH3 is 1. The average molecular weight is 264 g/mol. The van der Waals surface area contributed by atoms with Gasteiger partial charge in [0, 0.05) is 11.3 Å². The van der Waals surface area contributed by atoms with E-state index in [1.807, 2.05) is 41.8 Å². The molecule has 1 N–H and O–H groups in total. The summed E-state index contributed by atoms with van der Waals surface area (Å²) in [7, 11) is 1.61. The van der Waals surface area contributed by atoms with E-state index >= 15 is 0 Å². The van der Waals surface area contributed by atoms with Crippen LogP contribution in [0.15, 0.2) is 41.8 Å². The second kappa shape index (κ2) is 6.42. The minimum absolute atomic E-state index is 0.458. The van der Waals surface area contributed by atoms with Crippen molar-refractivity contribution in [2.45, 2.75) is 12.5 Å². The van der Waals surface area contributed by atoms with Crippen molar-refractivity contribution in [1.29, 1.82) is 0 Å². The molecule has 0 aliphatic heterocycles. The zero-order chi connectivity index (χ0) is 12.8. The summed E-state index contributed by atoms with van der Waals surface area (Å²) >= 11 is 1.55. The van der Waals surface area contributed by atoms with Crippen molar-refractivity contribution < 1.29 is 14.6 Å². The van der Waals surface area contributed by atoms with Crippen LogP contribution in [0.1, 0.15) is 17.4 Å². The Kier molecular flexibility index (Phi) is 4.61. The van der Waals surface area contributed by atoms with Crippen LogP contribution in [0.25, 0.3) is 0 Å². The lowest BCUT2D eigenvalue weighted by Gasteiger charge is -2.12. The van der Waals surface area contributed by atoms with Crippen LogP contribution in [0.2, 0.25) is 0 Å². The first-order valence-corrected chi connectivity index (χ1v) is 6.66. The van der Waals surface area contributed by atoms with Gasteiger partial charge in [0.1, 0.15) is 0 Å². The number of hydrogen-bond donors (Lipinski definition) is 1. The molecule has 18 heavy (non-hydrogen) atoms. The van der Waals surface area contributed by atoms with Gasteiger partial charge in [0.25, 0.3) is 0 Å². The van der Waals surface area contributed by atoms with Gasteiger partial charge in [0.05, 0.1) is 19.8 Å². The molecular formula is C14H16O3S. The summed E-state index contributed by atoms with van der Waals surface area (Å²) in [6.45, 7) is 0.458. The van der Waals surface area contributed by atoms with Gasteiger partial charge in [0.15, 0.2) is 11.5 Å². The smallest absolute Gasteiger partial charge is 0.161 e. The van der Waals surface area contributed by atoms with Gasteiger partial charge < -0.3 is 14.6 Å². The van der Waals surface area contributed by atoms with Gasteiger partial charge in [-0.05, 0) is 23.6 Å².